The van der Waals surface area contributed by atoms with Crippen molar-refractivity contribution in [2.24, 2.45) is 0 Å². The maximum atomic E-state index is 10.5. The lowest BCUT2D eigenvalue weighted by molar-refractivity contribution is -0.539. The molecule has 6 heteroatoms. The van der Waals surface area contributed by atoms with E-state index in [4.69, 9.17) is 5.11 Å². The second kappa shape index (κ2) is 5.20. The number of hydrogen-bond acceptors (Lipinski definition) is 4. The molecule has 0 aliphatic carbocycles. The number of hydrogen-bond donors (Lipinski definition) is 2. The molecule has 0 saturated heterocycles. The Morgan fingerprint density at radius 3 is 2.53 bits per heavy atom. The van der Waals surface area contributed by atoms with Crippen molar-refractivity contribution in [2.75, 3.05) is 6.61 Å². The van der Waals surface area contributed by atoms with E-state index in [1.54, 1.807) is 24.3 Å². The number of benzene rings is 1. The minimum Gasteiger partial charge on any atom is -0.389 e. The summed E-state index contributed by atoms with van der Waals surface area (Å²) in [5, 5.41) is 29.0. The van der Waals surface area contributed by atoms with Crippen LogP contribution in [0.1, 0.15) is 11.7 Å². The maximum absolute atomic E-state index is 10.5. The van der Waals surface area contributed by atoms with Gasteiger partial charge >= 0.3 is 0 Å². The van der Waals surface area contributed by atoms with Gasteiger partial charge in [-0.3, -0.25) is 10.1 Å². The summed E-state index contributed by atoms with van der Waals surface area (Å²) in [6, 6.07) is 5.25. The van der Waals surface area contributed by atoms with Crippen LogP contribution in [0.2, 0.25) is 0 Å². The summed E-state index contributed by atoms with van der Waals surface area (Å²) in [5.74, 6) is 0. The number of aliphatic hydroxyl groups excluding tert-OH is 2. The lowest BCUT2D eigenvalue weighted by Crippen LogP contribution is -2.31. The molecule has 0 heterocycles. The number of aliphatic hydroxyl groups is 2. The molecule has 0 aliphatic rings. The molecule has 0 spiro atoms. The highest BCUT2D eigenvalue weighted by molar-refractivity contribution is 9.10. The van der Waals surface area contributed by atoms with Crippen molar-refractivity contribution in [3.05, 3.63) is 44.4 Å². The fraction of sp³-hybridized carbons (Fsp3) is 0.333. The van der Waals surface area contributed by atoms with Crippen LogP contribution in [-0.2, 0) is 0 Å². The van der Waals surface area contributed by atoms with Crippen LogP contribution in [0.15, 0.2) is 28.7 Å². The molecule has 1 rings (SSSR count). The molecule has 1 aromatic rings. The molecule has 0 bridgehead atoms. The van der Waals surface area contributed by atoms with Gasteiger partial charge in [0.15, 0.2) is 0 Å². The molecule has 0 fully saturated rings. The van der Waals surface area contributed by atoms with Crippen LogP contribution in [0.4, 0.5) is 0 Å². The van der Waals surface area contributed by atoms with E-state index in [0.717, 1.165) is 0 Å². The van der Waals surface area contributed by atoms with Crippen molar-refractivity contribution >= 4 is 15.9 Å². The van der Waals surface area contributed by atoms with Crippen LogP contribution in [0.5, 0.6) is 0 Å². The first kappa shape index (κ1) is 12.1. The second-order valence-corrected chi connectivity index (χ2v) is 3.86. The van der Waals surface area contributed by atoms with Gasteiger partial charge in [-0.1, -0.05) is 34.1 Å². The SMILES string of the molecule is O=[N+]([O-])[C@H](CO)[C@H](O)c1ccccc1Br. The zero-order valence-corrected chi connectivity index (χ0v) is 9.29. The molecule has 15 heavy (non-hydrogen) atoms. The molecule has 2 N–H and O–H groups in total. The van der Waals surface area contributed by atoms with E-state index in [1.165, 1.54) is 0 Å². The monoisotopic (exact) mass is 275 g/mol. The van der Waals surface area contributed by atoms with E-state index in [0.29, 0.717) is 10.0 Å². The lowest BCUT2D eigenvalue weighted by atomic mass is 10.0. The molecule has 0 saturated carbocycles. The summed E-state index contributed by atoms with van der Waals surface area (Å²) in [4.78, 5) is 9.84. The first-order valence-electron chi connectivity index (χ1n) is 4.24. The molecular formula is C9H10BrNO4. The Labute approximate surface area is 94.6 Å². The molecule has 0 radical (unpaired) electrons. The zero-order valence-electron chi connectivity index (χ0n) is 7.71. The highest BCUT2D eigenvalue weighted by Crippen LogP contribution is 2.26. The highest BCUT2D eigenvalue weighted by Gasteiger charge is 2.31. The summed E-state index contributed by atoms with van der Waals surface area (Å²) in [7, 11) is 0. The van der Waals surface area contributed by atoms with Crippen LogP contribution in [-0.4, -0.2) is 27.8 Å². The molecule has 0 unspecified atom stereocenters. The molecule has 0 aromatic heterocycles. The van der Waals surface area contributed by atoms with Crippen LogP contribution in [0.3, 0.4) is 0 Å². The Bertz CT molecular complexity index is 358. The molecule has 82 valence electrons. The van der Waals surface area contributed by atoms with E-state index in [-0.39, 0.29) is 0 Å². The summed E-state index contributed by atoms with van der Waals surface area (Å²) in [6.45, 7) is -0.699. The summed E-state index contributed by atoms with van der Waals surface area (Å²) in [6.07, 6.45) is -1.32. The Kier molecular flexibility index (Phi) is 4.19. The van der Waals surface area contributed by atoms with Gasteiger partial charge in [-0.05, 0) is 6.07 Å². The third-order valence-electron chi connectivity index (χ3n) is 2.05. The smallest absolute Gasteiger partial charge is 0.265 e. The van der Waals surface area contributed by atoms with Crippen molar-refractivity contribution < 1.29 is 15.1 Å². The standard InChI is InChI=1S/C9H10BrNO4/c10-7-4-2-1-3-6(7)9(13)8(5-12)11(14)15/h1-4,8-9,12-13H,5H2/t8-,9-/m1/s1. The van der Waals surface area contributed by atoms with Crippen LogP contribution >= 0.6 is 15.9 Å². The Morgan fingerprint density at radius 2 is 2.07 bits per heavy atom. The average Bonchev–Trinajstić information content (AvgIpc) is 2.18. The van der Waals surface area contributed by atoms with Gasteiger partial charge in [-0.2, -0.15) is 0 Å². The summed E-state index contributed by atoms with van der Waals surface area (Å²) in [5.41, 5.74) is 0.397. The Balaban J connectivity index is 2.97. The van der Waals surface area contributed by atoms with Crippen molar-refractivity contribution in [1.29, 1.82) is 0 Å². The summed E-state index contributed by atoms with van der Waals surface area (Å²) < 4.78 is 0.581. The van der Waals surface area contributed by atoms with Gasteiger partial charge in [-0.15, -0.1) is 0 Å². The molecule has 2 atom stereocenters. The first-order valence-corrected chi connectivity index (χ1v) is 5.04. The molecule has 1 aromatic carbocycles. The average molecular weight is 276 g/mol. The second-order valence-electron chi connectivity index (χ2n) is 3.00. The van der Waals surface area contributed by atoms with Gasteiger partial charge in [0.25, 0.3) is 6.04 Å². The van der Waals surface area contributed by atoms with E-state index in [1.807, 2.05) is 0 Å². The third-order valence-corrected chi connectivity index (χ3v) is 2.77. The van der Waals surface area contributed by atoms with Crippen molar-refractivity contribution in [3.8, 4) is 0 Å². The topological polar surface area (TPSA) is 83.6 Å². The van der Waals surface area contributed by atoms with Gasteiger partial charge in [0.1, 0.15) is 12.7 Å². The van der Waals surface area contributed by atoms with Crippen LogP contribution in [0, 0.1) is 10.1 Å². The van der Waals surface area contributed by atoms with Crippen LogP contribution in [0.25, 0.3) is 0 Å². The van der Waals surface area contributed by atoms with Gasteiger partial charge in [0, 0.05) is 15.0 Å². The predicted octanol–water partition coefficient (Wildman–Crippen LogP) is 1.12. The molecule has 5 nitrogen and oxygen atoms in total. The molecular weight excluding hydrogens is 266 g/mol. The fourth-order valence-electron chi connectivity index (χ4n) is 1.20. The number of nitrogens with zero attached hydrogens (tertiary/aromatic N) is 1. The minimum absolute atomic E-state index is 0.397. The maximum Gasteiger partial charge on any atom is 0.265 e. The van der Waals surface area contributed by atoms with Crippen molar-refractivity contribution in [2.45, 2.75) is 12.1 Å². The van der Waals surface area contributed by atoms with E-state index in [9.17, 15) is 15.2 Å². The highest BCUT2D eigenvalue weighted by atomic mass is 79.9. The van der Waals surface area contributed by atoms with Crippen molar-refractivity contribution in [3.63, 3.8) is 0 Å². The zero-order chi connectivity index (χ0) is 11.4. The predicted molar refractivity (Wildman–Crippen MR) is 57.0 cm³/mol. The van der Waals surface area contributed by atoms with Crippen LogP contribution < -0.4 is 0 Å². The quantitative estimate of drug-likeness (QED) is 0.637. The first-order chi connectivity index (χ1) is 7.07. The number of nitro groups is 1. The molecule has 0 aliphatic heterocycles. The lowest BCUT2D eigenvalue weighted by Gasteiger charge is -2.15. The van der Waals surface area contributed by atoms with E-state index < -0.39 is 23.7 Å². The number of rotatable bonds is 4. The van der Waals surface area contributed by atoms with E-state index >= 15 is 0 Å². The van der Waals surface area contributed by atoms with Gasteiger partial charge in [0.05, 0.1) is 0 Å². The largest absolute Gasteiger partial charge is 0.389 e. The van der Waals surface area contributed by atoms with Gasteiger partial charge in [0.2, 0.25) is 0 Å². The summed E-state index contributed by atoms with van der Waals surface area (Å²) >= 11 is 3.18. The third kappa shape index (κ3) is 2.74. The van der Waals surface area contributed by atoms with Gasteiger partial charge in [-0.25, -0.2) is 0 Å². The Hall–Kier alpha value is -0.980. The normalized spacial score (nSPS) is 14.6. The van der Waals surface area contributed by atoms with E-state index in [2.05, 4.69) is 15.9 Å². The van der Waals surface area contributed by atoms with Gasteiger partial charge < -0.3 is 10.2 Å². The Morgan fingerprint density at radius 1 is 1.47 bits per heavy atom. The fourth-order valence-corrected chi connectivity index (χ4v) is 1.72. The minimum atomic E-state index is -1.40. The number of halogens is 1. The molecule has 0 amide bonds. The van der Waals surface area contributed by atoms with Crippen molar-refractivity contribution in [1.82, 2.24) is 0 Å².